The van der Waals surface area contributed by atoms with Crippen LogP contribution < -0.4 is 0 Å². The Kier molecular flexibility index (Phi) is 6.60. The molecule has 2 heterocycles. The lowest BCUT2D eigenvalue weighted by Crippen LogP contribution is -2.48. The Balaban J connectivity index is 1.75. The first-order valence-electron chi connectivity index (χ1n) is 9.25. The van der Waals surface area contributed by atoms with Gasteiger partial charge in [0.1, 0.15) is 0 Å². The van der Waals surface area contributed by atoms with Crippen molar-refractivity contribution in [2.75, 3.05) is 5.75 Å². The zero-order chi connectivity index (χ0) is 19.4. The predicted octanol–water partition coefficient (Wildman–Crippen LogP) is 4.67. The minimum atomic E-state index is 0.167. The van der Waals surface area contributed by atoms with Crippen molar-refractivity contribution in [3.8, 4) is 11.4 Å². The number of rotatable bonds is 6. The Labute approximate surface area is 169 Å². The largest absolute Gasteiger partial charge is 0.337 e. The number of carbonyl (C=O) groups is 1. The first-order chi connectivity index (χ1) is 13.0. The third-order valence-corrected chi connectivity index (χ3v) is 6.14. The van der Waals surface area contributed by atoms with E-state index >= 15 is 0 Å². The van der Waals surface area contributed by atoms with E-state index in [1.807, 2.05) is 39.8 Å². The third-order valence-electron chi connectivity index (χ3n) is 4.94. The van der Waals surface area contributed by atoms with Crippen molar-refractivity contribution in [2.24, 2.45) is 0 Å². The predicted molar refractivity (Wildman–Crippen MR) is 111 cm³/mol. The molecule has 2 atom stereocenters. The van der Waals surface area contributed by atoms with Gasteiger partial charge in [0.05, 0.1) is 5.75 Å². The molecule has 0 radical (unpaired) electrons. The Bertz CT molecular complexity index is 795. The van der Waals surface area contributed by atoms with Crippen LogP contribution in [0.5, 0.6) is 0 Å². The molecule has 144 valence electrons. The number of hydrogen-bond donors (Lipinski definition) is 0. The molecule has 2 unspecified atom stereocenters. The van der Waals surface area contributed by atoms with E-state index in [-0.39, 0.29) is 5.91 Å². The van der Waals surface area contributed by atoms with Crippen molar-refractivity contribution in [1.82, 2.24) is 19.7 Å². The number of amides is 1. The summed E-state index contributed by atoms with van der Waals surface area (Å²) in [6.45, 7) is 8.69. The normalized spacial score (nSPS) is 19.9. The summed E-state index contributed by atoms with van der Waals surface area (Å²) < 4.78 is 1.98. The van der Waals surface area contributed by atoms with Gasteiger partial charge in [-0.25, -0.2) is 0 Å². The molecule has 0 spiro atoms. The number of piperidine rings is 1. The van der Waals surface area contributed by atoms with Gasteiger partial charge in [-0.15, -0.1) is 16.8 Å². The van der Waals surface area contributed by atoms with E-state index in [2.05, 4.69) is 30.6 Å². The lowest BCUT2D eigenvalue weighted by molar-refractivity contribution is -0.134. The van der Waals surface area contributed by atoms with Gasteiger partial charge in [-0.3, -0.25) is 9.36 Å². The topological polar surface area (TPSA) is 51.0 Å². The van der Waals surface area contributed by atoms with Gasteiger partial charge in [-0.2, -0.15) is 0 Å². The molecule has 1 fully saturated rings. The molecular formula is C20H25ClN4OS. The van der Waals surface area contributed by atoms with Gasteiger partial charge in [0.2, 0.25) is 5.91 Å². The summed E-state index contributed by atoms with van der Waals surface area (Å²) in [5, 5.41) is 10.1. The molecule has 1 aliphatic heterocycles. The highest BCUT2D eigenvalue weighted by atomic mass is 35.5. The number of nitrogens with zero attached hydrogens (tertiary/aromatic N) is 4. The fourth-order valence-corrected chi connectivity index (χ4v) is 4.56. The van der Waals surface area contributed by atoms with Gasteiger partial charge in [0.25, 0.3) is 0 Å². The first kappa shape index (κ1) is 20.0. The standard InChI is InChI=1S/C20H25ClN4OS/c1-4-12-24-19(16-8-10-17(21)11-9-16)22-23-20(24)27-13-18(26)25-14(2)6-5-7-15(25)3/h4,8-11,14-15H,1,5-7,12-13H2,2-3H3. The summed E-state index contributed by atoms with van der Waals surface area (Å²) in [6, 6.07) is 8.11. The van der Waals surface area contributed by atoms with E-state index in [1.54, 1.807) is 0 Å². The van der Waals surface area contributed by atoms with Gasteiger partial charge in [-0.05, 0) is 57.4 Å². The zero-order valence-electron chi connectivity index (χ0n) is 15.8. The van der Waals surface area contributed by atoms with E-state index in [4.69, 9.17) is 11.6 Å². The summed E-state index contributed by atoms with van der Waals surface area (Å²) >= 11 is 7.42. The average molecular weight is 405 g/mol. The van der Waals surface area contributed by atoms with E-state index in [0.29, 0.717) is 29.4 Å². The summed E-state index contributed by atoms with van der Waals surface area (Å²) in [5.74, 6) is 1.28. The molecule has 0 saturated carbocycles. The summed E-state index contributed by atoms with van der Waals surface area (Å²) in [6.07, 6.45) is 5.16. The van der Waals surface area contributed by atoms with Crippen molar-refractivity contribution >= 4 is 29.3 Å². The second-order valence-electron chi connectivity index (χ2n) is 6.93. The lowest BCUT2D eigenvalue weighted by atomic mass is 9.98. The van der Waals surface area contributed by atoms with Crippen molar-refractivity contribution in [2.45, 2.75) is 56.9 Å². The van der Waals surface area contributed by atoms with E-state index < -0.39 is 0 Å². The summed E-state index contributed by atoms with van der Waals surface area (Å²) in [7, 11) is 0. The molecule has 27 heavy (non-hydrogen) atoms. The minimum absolute atomic E-state index is 0.167. The number of carbonyl (C=O) groups excluding carboxylic acids is 1. The number of thioether (sulfide) groups is 1. The number of benzene rings is 1. The quantitative estimate of drug-likeness (QED) is 0.518. The van der Waals surface area contributed by atoms with Gasteiger partial charge in [-0.1, -0.05) is 29.4 Å². The summed E-state index contributed by atoms with van der Waals surface area (Å²) in [5.41, 5.74) is 0.935. The van der Waals surface area contributed by atoms with E-state index in [1.165, 1.54) is 18.2 Å². The lowest BCUT2D eigenvalue weighted by Gasteiger charge is -2.39. The van der Waals surface area contributed by atoms with Crippen LogP contribution in [0.2, 0.25) is 5.02 Å². The molecule has 1 aliphatic rings. The van der Waals surface area contributed by atoms with E-state index in [0.717, 1.165) is 29.4 Å². The highest BCUT2D eigenvalue weighted by molar-refractivity contribution is 7.99. The van der Waals surface area contributed by atoms with Crippen LogP contribution in [0.3, 0.4) is 0 Å². The van der Waals surface area contributed by atoms with Crippen molar-refractivity contribution in [1.29, 1.82) is 0 Å². The summed E-state index contributed by atoms with van der Waals surface area (Å²) in [4.78, 5) is 14.8. The van der Waals surface area contributed by atoms with Crippen LogP contribution in [-0.2, 0) is 11.3 Å². The smallest absolute Gasteiger partial charge is 0.233 e. The maximum Gasteiger partial charge on any atom is 0.233 e. The van der Waals surface area contributed by atoms with Crippen LogP contribution in [0.15, 0.2) is 42.1 Å². The molecule has 0 N–H and O–H groups in total. The SMILES string of the molecule is C=CCn1c(SCC(=O)N2C(C)CCCC2C)nnc1-c1ccc(Cl)cc1. The Hall–Kier alpha value is -1.79. The van der Waals surface area contributed by atoms with Crippen LogP contribution in [0.4, 0.5) is 0 Å². The third kappa shape index (κ3) is 4.55. The number of likely N-dealkylation sites (tertiary alicyclic amines) is 1. The molecule has 5 nitrogen and oxygen atoms in total. The molecule has 3 rings (SSSR count). The molecular weight excluding hydrogens is 380 g/mol. The first-order valence-corrected chi connectivity index (χ1v) is 10.6. The fraction of sp³-hybridized carbons (Fsp3) is 0.450. The van der Waals surface area contributed by atoms with Crippen LogP contribution >= 0.6 is 23.4 Å². The Morgan fingerprint density at radius 1 is 1.26 bits per heavy atom. The minimum Gasteiger partial charge on any atom is -0.337 e. The van der Waals surface area contributed by atoms with Gasteiger partial charge >= 0.3 is 0 Å². The maximum absolute atomic E-state index is 12.8. The Morgan fingerprint density at radius 3 is 2.56 bits per heavy atom. The van der Waals surface area contributed by atoms with Gasteiger partial charge in [0.15, 0.2) is 11.0 Å². The van der Waals surface area contributed by atoms with Crippen LogP contribution in [0.1, 0.15) is 33.1 Å². The zero-order valence-corrected chi connectivity index (χ0v) is 17.3. The molecule has 1 saturated heterocycles. The van der Waals surface area contributed by atoms with Crippen molar-refractivity contribution in [3.05, 3.63) is 41.9 Å². The number of aromatic nitrogens is 3. The second kappa shape index (κ2) is 8.93. The maximum atomic E-state index is 12.8. The van der Waals surface area contributed by atoms with Gasteiger partial charge < -0.3 is 4.90 Å². The highest BCUT2D eigenvalue weighted by Crippen LogP contribution is 2.27. The van der Waals surface area contributed by atoms with Crippen LogP contribution in [0, 0.1) is 0 Å². The molecule has 1 amide bonds. The van der Waals surface area contributed by atoms with Crippen LogP contribution in [-0.4, -0.2) is 43.4 Å². The molecule has 7 heteroatoms. The number of allylic oxidation sites excluding steroid dienone is 1. The number of hydrogen-bond acceptors (Lipinski definition) is 4. The monoisotopic (exact) mass is 404 g/mol. The molecule has 1 aromatic heterocycles. The molecule has 0 aliphatic carbocycles. The van der Waals surface area contributed by atoms with E-state index in [9.17, 15) is 4.79 Å². The van der Waals surface area contributed by atoms with Gasteiger partial charge in [0, 0.05) is 29.2 Å². The second-order valence-corrected chi connectivity index (χ2v) is 8.31. The molecule has 2 aromatic rings. The fourth-order valence-electron chi connectivity index (χ4n) is 3.62. The number of halogens is 1. The van der Waals surface area contributed by atoms with Crippen LogP contribution in [0.25, 0.3) is 11.4 Å². The average Bonchev–Trinajstić information content (AvgIpc) is 3.03. The van der Waals surface area contributed by atoms with Crippen molar-refractivity contribution < 1.29 is 4.79 Å². The highest BCUT2D eigenvalue weighted by Gasteiger charge is 2.29. The molecule has 0 bridgehead atoms. The Morgan fingerprint density at radius 2 is 1.93 bits per heavy atom. The molecule has 1 aromatic carbocycles. The van der Waals surface area contributed by atoms with Crippen molar-refractivity contribution in [3.63, 3.8) is 0 Å².